The van der Waals surface area contributed by atoms with Gasteiger partial charge in [-0.2, -0.15) is 0 Å². The molecule has 1 atom stereocenters. The molecule has 0 heterocycles. The van der Waals surface area contributed by atoms with Gasteiger partial charge >= 0.3 is 0 Å². The number of benzene rings is 1. The van der Waals surface area contributed by atoms with Crippen LogP contribution in [0.15, 0.2) is 29.2 Å². The Hall–Kier alpha value is -1.44. The van der Waals surface area contributed by atoms with Crippen molar-refractivity contribution in [2.75, 3.05) is 25.5 Å². The molecule has 1 aliphatic carbocycles. The van der Waals surface area contributed by atoms with Crippen molar-refractivity contribution in [3.63, 3.8) is 0 Å². The van der Waals surface area contributed by atoms with Gasteiger partial charge in [0.2, 0.25) is 15.9 Å². The van der Waals surface area contributed by atoms with Gasteiger partial charge in [-0.3, -0.25) is 4.79 Å². The number of anilines is 1. The highest BCUT2D eigenvalue weighted by Crippen LogP contribution is 2.28. The van der Waals surface area contributed by atoms with E-state index in [0.717, 1.165) is 12.8 Å². The van der Waals surface area contributed by atoms with Crippen molar-refractivity contribution >= 4 is 21.6 Å². The predicted molar refractivity (Wildman–Crippen MR) is 86.1 cm³/mol. The maximum atomic E-state index is 12.1. The Kier molecular flexibility index (Phi) is 5.55. The predicted octanol–water partition coefficient (Wildman–Crippen LogP) is 1.17. The summed E-state index contributed by atoms with van der Waals surface area (Å²) in [6.07, 6.45) is 2.19. The number of carbonyl (C=O) groups excluding carboxylic acids is 1. The van der Waals surface area contributed by atoms with Crippen molar-refractivity contribution in [3.05, 3.63) is 24.3 Å². The second-order valence-corrected chi connectivity index (χ2v) is 7.53. The van der Waals surface area contributed by atoms with Crippen LogP contribution in [0.4, 0.5) is 5.69 Å². The molecule has 1 aromatic carbocycles. The summed E-state index contributed by atoms with van der Waals surface area (Å²) in [7, 11) is -1.67. The van der Waals surface area contributed by atoms with Gasteiger partial charge in [0.05, 0.1) is 4.90 Å². The molecule has 22 heavy (non-hydrogen) atoms. The third kappa shape index (κ3) is 4.79. The van der Waals surface area contributed by atoms with E-state index in [2.05, 4.69) is 15.4 Å². The van der Waals surface area contributed by atoms with E-state index >= 15 is 0 Å². The summed E-state index contributed by atoms with van der Waals surface area (Å²) in [5.41, 5.74) is 0.592. The molecule has 0 spiro atoms. The first-order valence-electron chi connectivity index (χ1n) is 7.47. The van der Waals surface area contributed by atoms with Gasteiger partial charge in [-0.15, -0.1) is 0 Å². The monoisotopic (exact) mass is 325 g/mol. The molecule has 1 fully saturated rings. The summed E-state index contributed by atoms with van der Waals surface area (Å²) in [6, 6.07) is 6.23. The number of nitrogens with one attached hydrogen (secondary N) is 3. The quantitative estimate of drug-likeness (QED) is 0.669. The topological polar surface area (TPSA) is 87.3 Å². The third-order valence-corrected chi connectivity index (χ3v) is 5.09. The van der Waals surface area contributed by atoms with E-state index in [-0.39, 0.29) is 16.7 Å². The normalized spacial score (nSPS) is 16.3. The van der Waals surface area contributed by atoms with Crippen LogP contribution in [0.2, 0.25) is 0 Å². The fourth-order valence-corrected chi connectivity index (χ4v) is 3.13. The van der Waals surface area contributed by atoms with E-state index in [0.29, 0.717) is 24.7 Å². The Bertz CT molecular complexity index is 609. The highest BCUT2D eigenvalue weighted by molar-refractivity contribution is 7.89. The zero-order valence-corrected chi connectivity index (χ0v) is 13.7. The van der Waals surface area contributed by atoms with Crippen LogP contribution in [0.25, 0.3) is 0 Å². The number of sulfonamides is 1. The van der Waals surface area contributed by atoms with Crippen molar-refractivity contribution in [1.29, 1.82) is 0 Å². The van der Waals surface area contributed by atoms with Crippen molar-refractivity contribution in [3.8, 4) is 0 Å². The summed E-state index contributed by atoms with van der Waals surface area (Å²) in [5, 5.41) is 5.71. The van der Waals surface area contributed by atoms with Gasteiger partial charge < -0.3 is 10.6 Å². The molecule has 1 unspecified atom stereocenters. The average Bonchev–Trinajstić information content (AvgIpc) is 3.30. The smallest absolute Gasteiger partial charge is 0.240 e. The Morgan fingerprint density at radius 1 is 1.27 bits per heavy atom. The molecular weight excluding hydrogens is 302 g/mol. The van der Waals surface area contributed by atoms with Crippen LogP contribution in [0, 0.1) is 11.8 Å². The van der Waals surface area contributed by atoms with Crippen molar-refractivity contribution in [2.24, 2.45) is 11.8 Å². The first-order valence-corrected chi connectivity index (χ1v) is 8.96. The highest BCUT2D eigenvalue weighted by Gasteiger charge is 2.24. The second kappa shape index (κ2) is 7.21. The van der Waals surface area contributed by atoms with Gasteiger partial charge in [0.15, 0.2) is 0 Å². The SMILES string of the molecule is CNCC(C)C(=O)Nc1ccc(S(=O)(=O)NCC2CC2)cc1. The fourth-order valence-electron chi connectivity index (χ4n) is 2.01. The van der Waals surface area contributed by atoms with Crippen LogP contribution in [0.3, 0.4) is 0 Å². The maximum Gasteiger partial charge on any atom is 0.240 e. The van der Waals surface area contributed by atoms with Crippen molar-refractivity contribution in [2.45, 2.75) is 24.7 Å². The molecule has 0 aliphatic heterocycles. The van der Waals surface area contributed by atoms with E-state index in [9.17, 15) is 13.2 Å². The molecule has 0 bridgehead atoms. The highest BCUT2D eigenvalue weighted by atomic mass is 32.2. The summed E-state index contributed by atoms with van der Waals surface area (Å²) in [6.45, 7) is 2.91. The van der Waals surface area contributed by atoms with Crippen LogP contribution in [0.5, 0.6) is 0 Å². The molecule has 122 valence electrons. The summed E-state index contributed by atoms with van der Waals surface area (Å²) < 4.78 is 26.8. The molecule has 2 rings (SSSR count). The molecule has 1 amide bonds. The molecule has 0 saturated heterocycles. The van der Waals surface area contributed by atoms with E-state index in [1.807, 2.05) is 6.92 Å². The third-order valence-electron chi connectivity index (χ3n) is 3.65. The minimum absolute atomic E-state index is 0.100. The van der Waals surface area contributed by atoms with E-state index in [1.54, 1.807) is 19.2 Å². The summed E-state index contributed by atoms with van der Waals surface area (Å²) >= 11 is 0. The van der Waals surface area contributed by atoms with Crippen LogP contribution < -0.4 is 15.4 Å². The minimum Gasteiger partial charge on any atom is -0.326 e. The Morgan fingerprint density at radius 3 is 2.45 bits per heavy atom. The van der Waals surface area contributed by atoms with Crippen molar-refractivity contribution < 1.29 is 13.2 Å². The van der Waals surface area contributed by atoms with Gasteiger partial charge in [-0.25, -0.2) is 13.1 Å². The lowest BCUT2D eigenvalue weighted by molar-refractivity contribution is -0.119. The summed E-state index contributed by atoms with van der Waals surface area (Å²) in [4.78, 5) is 12.1. The number of amides is 1. The van der Waals surface area contributed by atoms with Gasteiger partial charge in [0.1, 0.15) is 0 Å². The zero-order chi connectivity index (χ0) is 16.2. The molecule has 6 nitrogen and oxygen atoms in total. The molecule has 0 radical (unpaired) electrons. The van der Waals surface area contributed by atoms with Crippen LogP contribution in [-0.4, -0.2) is 34.5 Å². The minimum atomic E-state index is -3.46. The van der Waals surface area contributed by atoms with Gasteiger partial charge in [-0.1, -0.05) is 6.92 Å². The Morgan fingerprint density at radius 2 is 1.91 bits per heavy atom. The van der Waals surface area contributed by atoms with Crippen LogP contribution >= 0.6 is 0 Å². The first kappa shape index (κ1) is 16.9. The maximum absolute atomic E-state index is 12.1. The van der Waals surface area contributed by atoms with Crippen molar-refractivity contribution in [1.82, 2.24) is 10.0 Å². The average molecular weight is 325 g/mol. The lowest BCUT2D eigenvalue weighted by Crippen LogP contribution is -2.28. The van der Waals surface area contributed by atoms with Crippen LogP contribution in [-0.2, 0) is 14.8 Å². The molecule has 3 N–H and O–H groups in total. The Balaban J connectivity index is 1.95. The van der Waals surface area contributed by atoms with E-state index in [4.69, 9.17) is 0 Å². The molecule has 0 aromatic heterocycles. The van der Waals surface area contributed by atoms with Gasteiger partial charge in [0.25, 0.3) is 0 Å². The number of hydrogen-bond donors (Lipinski definition) is 3. The van der Waals surface area contributed by atoms with Gasteiger partial charge in [-0.05, 0) is 50.1 Å². The van der Waals surface area contributed by atoms with E-state index < -0.39 is 10.0 Å². The number of carbonyl (C=O) groups is 1. The summed E-state index contributed by atoms with van der Waals surface area (Å²) in [5.74, 6) is 0.229. The van der Waals surface area contributed by atoms with Crippen LogP contribution in [0.1, 0.15) is 19.8 Å². The second-order valence-electron chi connectivity index (χ2n) is 5.77. The molecule has 7 heteroatoms. The number of hydrogen-bond acceptors (Lipinski definition) is 4. The van der Waals surface area contributed by atoms with Gasteiger partial charge in [0, 0.05) is 24.7 Å². The first-order chi connectivity index (χ1) is 10.4. The molecule has 1 aromatic rings. The molecular formula is C15H23N3O3S. The zero-order valence-electron chi connectivity index (χ0n) is 12.9. The molecule has 1 aliphatic rings. The standard InChI is InChI=1S/C15H23N3O3S/c1-11(9-16-2)15(19)18-13-5-7-14(8-6-13)22(20,21)17-10-12-3-4-12/h5-8,11-12,16-17H,3-4,9-10H2,1-2H3,(H,18,19). The lowest BCUT2D eigenvalue weighted by atomic mass is 10.1. The molecule has 1 saturated carbocycles. The largest absolute Gasteiger partial charge is 0.326 e. The lowest BCUT2D eigenvalue weighted by Gasteiger charge is -2.12. The van der Waals surface area contributed by atoms with E-state index in [1.165, 1.54) is 12.1 Å². The fraction of sp³-hybridized carbons (Fsp3) is 0.533. The number of rotatable bonds is 8. The Labute approximate surface area is 131 Å².